The third kappa shape index (κ3) is 7.05. The van der Waals surface area contributed by atoms with Crippen LogP contribution < -0.4 is 10.6 Å². The molecule has 0 aromatic heterocycles. The summed E-state index contributed by atoms with van der Waals surface area (Å²) in [6, 6.07) is 1.78. The van der Waals surface area contributed by atoms with Gasteiger partial charge in [0, 0.05) is 11.4 Å². The van der Waals surface area contributed by atoms with Crippen LogP contribution in [0.5, 0.6) is 0 Å². The molecule has 0 saturated carbocycles. The van der Waals surface area contributed by atoms with E-state index in [2.05, 4.69) is 0 Å². The van der Waals surface area contributed by atoms with E-state index in [0.717, 1.165) is 10.6 Å². The summed E-state index contributed by atoms with van der Waals surface area (Å²) in [5, 5.41) is 1.82. The van der Waals surface area contributed by atoms with Gasteiger partial charge in [-0.15, -0.1) is 26.3 Å². The van der Waals surface area contributed by atoms with E-state index in [1.165, 1.54) is 0 Å². The molecule has 0 aliphatic heterocycles. The Labute approximate surface area is 176 Å². The molecular formula is C14H6F14N2O4. The third-order valence-corrected chi connectivity index (χ3v) is 3.17. The number of alkyl halides is 14. The van der Waals surface area contributed by atoms with E-state index in [-0.39, 0.29) is 6.07 Å². The standard InChI is InChI=1S/C14H6F14N2O4/c15-9(16,11(19,20)33-13(23,24)25)7(31)29-5-2-1-3-6(4-5)30-8(32)10(17,18)12(21,22)34-14(26,27)28/h1-4H,(H,29,31)(H,30,32). The molecule has 1 aromatic carbocycles. The van der Waals surface area contributed by atoms with Crippen molar-refractivity contribution in [1.82, 2.24) is 0 Å². The average Bonchev–Trinajstić information content (AvgIpc) is 2.57. The summed E-state index contributed by atoms with van der Waals surface area (Å²) in [6.45, 7) is 0. The molecule has 2 amide bonds. The molecule has 0 aliphatic carbocycles. The zero-order valence-corrected chi connectivity index (χ0v) is 15.2. The van der Waals surface area contributed by atoms with Crippen molar-refractivity contribution in [3.8, 4) is 0 Å². The van der Waals surface area contributed by atoms with Crippen molar-refractivity contribution < 1.29 is 80.5 Å². The lowest BCUT2D eigenvalue weighted by molar-refractivity contribution is -0.458. The van der Waals surface area contributed by atoms with Gasteiger partial charge in [-0.2, -0.15) is 35.1 Å². The molecule has 1 aromatic rings. The molecule has 0 bridgehead atoms. The van der Waals surface area contributed by atoms with Crippen molar-refractivity contribution in [2.45, 2.75) is 36.8 Å². The number of halogens is 14. The summed E-state index contributed by atoms with van der Waals surface area (Å²) in [5.74, 6) is -18.7. The number of amides is 2. The number of carbonyl (C=O) groups is 2. The number of hydrogen-bond acceptors (Lipinski definition) is 4. The summed E-state index contributed by atoms with van der Waals surface area (Å²) in [4.78, 5) is 22.6. The molecule has 194 valence electrons. The Hall–Kier alpha value is -2.90. The van der Waals surface area contributed by atoms with Crippen LogP contribution in [0.4, 0.5) is 72.8 Å². The second-order valence-corrected chi connectivity index (χ2v) is 5.77. The predicted octanol–water partition coefficient (Wildman–Crippen LogP) is 5.09. The number of carbonyl (C=O) groups excluding carboxylic acids is 2. The zero-order chi connectivity index (χ0) is 27.0. The molecule has 0 unspecified atom stereocenters. The van der Waals surface area contributed by atoms with Crippen LogP contribution in [0.15, 0.2) is 24.3 Å². The molecule has 0 fully saturated rings. The van der Waals surface area contributed by atoms with Crippen molar-refractivity contribution in [2.75, 3.05) is 10.6 Å². The first-order valence-corrected chi connectivity index (χ1v) is 7.69. The lowest BCUT2D eigenvalue weighted by Gasteiger charge is -2.26. The van der Waals surface area contributed by atoms with Crippen molar-refractivity contribution in [1.29, 1.82) is 0 Å². The fourth-order valence-corrected chi connectivity index (χ4v) is 1.78. The summed E-state index contributed by atoms with van der Waals surface area (Å²) in [5.41, 5.74) is -2.21. The van der Waals surface area contributed by atoms with Gasteiger partial charge in [0.25, 0.3) is 0 Å². The minimum absolute atomic E-state index is 0.160. The number of benzene rings is 1. The summed E-state index contributed by atoms with van der Waals surface area (Å²) >= 11 is 0. The second kappa shape index (κ2) is 9.04. The van der Waals surface area contributed by atoms with Gasteiger partial charge in [0.1, 0.15) is 0 Å². The number of anilines is 2. The number of hydrogen-bond donors (Lipinski definition) is 2. The maximum Gasteiger partial charge on any atom is 0.527 e. The highest BCUT2D eigenvalue weighted by Gasteiger charge is 2.68. The zero-order valence-electron chi connectivity index (χ0n) is 15.2. The normalized spacial score (nSPS) is 14.1. The van der Waals surface area contributed by atoms with Gasteiger partial charge in [-0.05, 0) is 18.2 Å². The molecule has 34 heavy (non-hydrogen) atoms. The van der Waals surface area contributed by atoms with Crippen LogP contribution in [0.3, 0.4) is 0 Å². The van der Waals surface area contributed by atoms with Gasteiger partial charge < -0.3 is 10.6 Å². The molecule has 0 radical (unpaired) electrons. The maximum absolute atomic E-state index is 13.4. The van der Waals surface area contributed by atoms with E-state index in [9.17, 15) is 71.1 Å². The molecule has 2 N–H and O–H groups in total. The largest absolute Gasteiger partial charge is 0.527 e. The van der Waals surface area contributed by atoms with E-state index in [1.807, 2.05) is 9.47 Å². The van der Waals surface area contributed by atoms with Gasteiger partial charge >= 0.3 is 48.6 Å². The smallest absolute Gasteiger partial charge is 0.320 e. The summed E-state index contributed by atoms with van der Waals surface area (Å²) < 4.78 is 180. The van der Waals surface area contributed by atoms with Crippen LogP contribution in [-0.4, -0.2) is 48.6 Å². The Morgan fingerprint density at radius 2 is 0.882 bits per heavy atom. The minimum atomic E-state index is -6.44. The third-order valence-electron chi connectivity index (χ3n) is 3.17. The van der Waals surface area contributed by atoms with Crippen molar-refractivity contribution in [2.24, 2.45) is 0 Å². The fraction of sp³-hybridized carbons (Fsp3) is 0.429. The van der Waals surface area contributed by atoms with Gasteiger partial charge in [0.05, 0.1) is 0 Å². The Balaban J connectivity index is 3.05. The van der Waals surface area contributed by atoms with Crippen molar-refractivity contribution >= 4 is 23.2 Å². The number of ether oxygens (including phenoxy) is 2. The first-order chi connectivity index (χ1) is 14.9. The lowest BCUT2D eigenvalue weighted by Crippen LogP contribution is -2.53. The van der Waals surface area contributed by atoms with Crippen LogP contribution in [0, 0.1) is 0 Å². The molecule has 0 saturated heterocycles. The number of rotatable bonds is 8. The Morgan fingerprint density at radius 1 is 0.588 bits per heavy atom. The average molecular weight is 532 g/mol. The van der Waals surface area contributed by atoms with Crippen molar-refractivity contribution in [3.05, 3.63) is 24.3 Å². The SMILES string of the molecule is O=C(Nc1cccc(NC(=O)C(F)(F)C(F)(F)OC(F)(F)F)c1)C(F)(F)C(F)(F)OC(F)(F)F. The molecule has 0 spiro atoms. The highest BCUT2D eigenvalue weighted by molar-refractivity contribution is 5.99. The molecule has 20 heteroatoms. The van der Waals surface area contributed by atoms with Gasteiger partial charge in [-0.3, -0.25) is 9.59 Å². The Morgan fingerprint density at radius 3 is 1.15 bits per heavy atom. The molecular weight excluding hydrogens is 526 g/mol. The van der Waals surface area contributed by atoms with Crippen LogP contribution >= 0.6 is 0 Å². The van der Waals surface area contributed by atoms with Crippen LogP contribution in [0.2, 0.25) is 0 Å². The highest BCUT2D eigenvalue weighted by atomic mass is 19.4. The van der Waals surface area contributed by atoms with E-state index >= 15 is 0 Å². The molecule has 6 nitrogen and oxygen atoms in total. The summed E-state index contributed by atoms with van der Waals surface area (Å²) in [7, 11) is 0. The number of nitrogens with one attached hydrogen (secondary N) is 2. The quantitative estimate of drug-likeness (QED) is 0.458. The fourth-order valence-electron chi connectivity index (χ4n) is 1.78. The van der Waals surface area contributed by atoms with Crippen molar-refractivity contribution in [3.63, 3.8) is 0 Å². The highest BCUT2D eigenvalue weighted by Crippen LogP contribution is 2.42. The van der Waals surface area contributed by atoms with Gasteiger partial charge in [-0.1, -0.05) is 6.07 Å². The Kier molecular flexibility index (Phi) is 7.75. The van der Waals surface area contributed by atoms with Gasteiger partial charge in [0.15, 0.2) is 0 Å². The van der Waals surface area contributed by atoms with E-state index < -0.39 is 60.0 Å². The summed E-state index contributed by atoms with van der Waals surface area (Å²) in [6.07, 6.45) is -25.5. The lowest BCUT2D eigenvalue weighted by atomic mass is 10.2. The first-order valence-electron chi connectivity index (χ1n) is 7.69. The minimum Gasteiger partial charge on any atom is -0.320 e. The van der Waals surface area contributed by atoms with Gasteiger partial charge in [0.2, 0.25) is 0 Å². The van der Waals surface area contributed by atoms with Crippen LogP contribution in [-0.2, 0) is 19.1 Å². The van der Waals surface area contributed by atoms with E-state index in [4.69, 9.17) is 0 Å². The second-order valence-electron chi connectivity index (χ2n) is 5.77. The molecule has 0 heterocycles. The maximum atomic E-state index is 13.4. The molecule has 1 rings (SSSR count). The monoisotopic (exact) mass is 532 g/mol. The first kappa shape index (κ1) is 29.1. The van der Waals surface area contributed by atoms with Gasteiger partial charge in [-0.25, -0.2) is 9.47 Å². The van der Waals surface area contributed by atoms with Crippen LogP contribution in [0.1, 0.15) is 0 Å². The molecule has 0 aliphatic rings. The predicted molar refractivity (Wildman–Crippen MR) is 77.8 cm³/mol. The van der Waals surface area contributed by atoms with Crippen LogP contribution in [0.25, 0.3) is 0 Å². The Bertz CT molecular complexity index is 843. The van der Waals surface area contributed by atoms with E-state index in [0.29, 0.717) is 18.2 Å². The van der Waals surface area contributed by atoms with E-state index in [1.54, 1.807) is 0 Å². The topological polar surface area (TPSA) is 76.7 Å². The molecule has 0 atom stereocenters.